The molecule has 12 nitrogen and oxygen atoms in total. The number of carbonyl (C=O) groups is 2. The molecule has 0 radical (unpaired) electrons. The maximum atomic E-state index is 13.0. The number of carbonyl (C=O) groups excluding carboxylic acids is 2. The van der Waals surface area contributed by atoms with Crippen LogP contribution in [0.5, 0.6) is 0 Å². The van der Waals surface area contributed by atoms with Gasteiger partial charge in [0.2, 0.25) is 0 Å². The van der Waals surface area contributed by atoms with Crippen molar-refractivity contribution in [1.82, 2.24) is 29.7 Å². The quantitative estimate of drug-likeness (QED) is 0.172. The molecule has 0 atom stereocenters. The van der Waals surface area contributed by atoms with Crippen molar-refractivity contribution in [2.24, 2.45) is 0 Å². The summed E-state index contributed by atoms with van der Waals surface area (Å²) in [4.78, 5) is 29.0. The van der Waals surface area contributed by atoms with E-state index in [9.17, 15) is 9.59 Å². The number of nitrogens with one attached hydrogen (secondary N) is 1. The Morgan fingerprint density at radius 3 is 2.05 bits per heavy atom. The predicted molar refractivity (Wildman–Crippen MR) is 224 cm³/mol. The lowest BCUT2D eigenvalue weighted by molar-refractivity contribution is 0.0212. The summed E-state index contributed by atoms with van der Waals surface area (Å²) < 4.78 is 18.8. The van der Waals surface area contributed by atoms with Crippen molar-refractivity contribution in [3.63, 3.8) is 0 Å². The summed E-state index contributed by atoms with van der Waals surface area (Å²) in [5.74, 6) is 2.28. The van der Waals surface area contributed by atoms with Crippen molar-refractivity contribution < 1.29 is 23.6 Å². The first-order valence-electron chi connectivity index (χ1n) is 19.1. The average Bonchev–Trinajstić information content (AvgIpc) is 3.66. The smallest absolute Gasteiger partial charge is 0.411 e. The number of hydrogen-bond acceptors (Lipinski definition) is 9. The molecule has 4 heterocycles. The van der Waals surface area contributed by atoms with Crippen molar-refractivity contribution in [2.75, 3.05) is 11.9 Å². The molecule has 1 N–H and O–H groups in total. The maximum absolute atomic E-state index is 13.0. The zero-order valence-corrected chi connectivity index (χ0v) is 35.3. The van der Waals surface area contributed by atoms with Gasteiger partial charge in [0.05, 0.1) is 42.5 Å². The zero-order chi connectivity index (χ0) is 40.6. The van der Waals surface area contributed by atoms with Gasteiger partial charge in [0.1, 0.15) is 17.0 Å². The van der Waals surface area contributed by atoms with Gasteiger partial charge in [0, 0.05) is 33.0 Å². The molecule has 2 amide bonds. The van der Waals surface area contributed by atoms with Gasteiger partial charge in [-0.1, -0.05) is 52.7 Å². The van der Waals surface area contributed by atoms with Crippen molar-refractivity contribution in [3.8, 4) is 5.69 Å². The Hall–Kier alpha value is -4.72. The van der Waals surface area contributed by atoms with Gasteiger partial charge >= 0.3 is 12.2 Å². The molecule has 0 saturated heterocycles. The molecular weight excluding hydrogens is 785 g/mol. The van der Waals surface area contributed by atoms with Gasteiger partial charge in [0.25, 0.3) is 0 Å². The van der Waals surface area contributed by atoms with Crippen LogP contribution in [0.3, 0.4) is 0 Å². The number of thiocarbonyl (C=S) groups is 1. The van der Waals surface area contributed by atoms with Crippen LogP contribution in [0.15, 0.2) is 65.2 Å². The van der Waals surface area contributed by atoms with Crippen LogP contribution in [0.1, 0.15) is 108 Å². The number of ether oxygens (including phenoxy) is 2. The lowest BCUT2D eigenvalue weighted by atomic mass is 9.79. The third-order valence-electron chi connectivity index (χ3n) is 9.96. The van der Waals surface area contributed by atoms with E-state index in [1.807, 2.05) is 90.1 Å². The molecule has 57 heavy (non-hydrogen) atoms. The second-order valence-corrected chi connectivity index (χ2v) is 18.1. The summed E-state index contributed by atoms with van der Waals surface area (Å²) in [6.45, 7) is 12.6. The minimum absolute atomic E-state index is 0.257. The van der Waals surface area contributed by atoms with Crippen molar-refractivity contribution in [1.29, 1.82) is 0 Å². The first kappa shape index (κ1) is 40.5. The fourth-order valence-electron chi connectivity index (χ4n) is 7.47. The third kappa shape index (κ3) is 9.54. The highest BCUT2D eigenvalue weighted by Crippen LogP contribution is 2.43. The van der Waals surface area contributed by atoms with Gasteiger partial charge in [0.15, 0.2) is 11.4 Å². The number of aromatic nitrogens is 4. The molecular formula is C42H47Cl2N7O5S. The number of nitrogens with zero attached hydrogens (tertiary/aromatic N) is 6. The number of para-hydroxylation sites is 1. The van der Waals surface area contributed by atoms with E-state index in [1.54, 1.807) is 15.9 Å². The van der Waals surface area contributed by atoms with Gasteiger partial charge in [-0.25, -0.2) is 9.59 Å². The summed E-state index contributed by atoms with van der Waals surface area (Å²) in [5, 5.41) is 19.1. The van der Waals surface area contributed by atoms with Gasteiger partial charge < -0.3 is 19.3 Å². The molecule has 2 aliphatic heterocycles. The normalized spacial score (nSPS) is 18.2. The molecule has 5 aromatic rings. The molecule has 2 aromatic heterocycles. The zero-order valence-electron chi connectivity index (χ0n) is 33.0. The minimum atomic E-state index is -0.590. The van der Waals surface area contributed by atoms with Crippen LogP contribution in [0.25, 0.3) is 16.7 Å². The van der Waals surface area contributed by atoms with E-state index in [0.717, 1.165) is 76.5 Å². The van der Waals surface area contributed by atoms with Gasteiger partial charge in [-0.2, -0.15) is 0 Å². The van der Waals surface area contributed by atoms with Crippen LogP contribution in [-0.2, 0) is 29.1 Å². The van der Waals surface area contributed by atoms with Crippen LogP contribution in [0.2, 0.25) is 10.0 Å². The van der Waals surface area contributed by atoms with Crippen LogP contribution in [0.4, 0.5) is 15.3 Å². The van der Waals surface area contributed by atoms with Gasteiger partial charge in [-0.15, -0.1) is 10.2 Å². The number of benzene rings is 3. The maximum Gasteiger partial charge on any atom is 0.411 e. The topological polar surface area (TPSA) is 128 Å². The number of hydrogen-bond donors (Lipinski definition) is 1. The highest BCUT2D eigenvalue weighted by molar-refractivity contribution is 7.80. The monoisotopic (exact) mass is 831 g/mol. The van der Waals surface area contributed by atoms with Gasteiger partial charge in [-0.05, 0) is 127 Å². The number of fused-ring (bicyclic) bond motifs is 5. The van der Waals surface area contributed by atoms with E-state index in [1.165, 1.54) is 0 Å². The third-order valence-corrected chi connectivity index (χ3v) is 10.7. The summed E-state index contributed by atoms with van der Waals surface area (Å²) in [5.41, 5.74) is 4.49. The molecule has 8 rings (SSSR count). The Bertz CT molecular complexity index is 2310. The van der Waals surface area contributed by atoms with Crippen LogP contribution in [0, 0.1) is 0 Å². The Labute approximate surface area is 347 Å². The lowest BCUT2D eigenvalue weighted by Crippen LogP contribution is -2.38. The Morgan fingerprint density at radius 2 is 1.37 bits per heavy atom. The fraction of sp³-hybridized carbons (Fsp3) is 0.429. The Balaban J connectivity index is 0.000000210. The summed E-state index contributed by atoms with van der Waals surface area (Å²) in [6.07, 6.45) is 3.19. The summed E-state index contributed by atoms with van der Waals surface area (Å²) >= 11 is 17.6. The van der Waals surface area contributed by atoms with Crippen molar-refractivity contribution in [3.05, 3.63) is 99.2 Å². The van der Waals surface area contributed by atoms with E-state index >= 15 is 0 Å². The lowest BCUT2D eigenvalue weighted by Gasteiger charge is -2.27. The van der Waals surface area contributed by atoms with E-state index in [2.05, 4.69) is 31.3 Å². The number of rotatable bonds is 2. The SMILES string of the molecule is CC(C)(C)OC(=O)N1CC(=S)Nc2ccc(Cl)cc2C1.CC(C)(C)OC(=O)N1Cc2cc(Cl)ccc2-n2c(nnc2C2CCC(c3noc4ccccc34)CC2)C1. The van der Waals surface area contributed by atoms with E-state index in [0.29, 0.717) is 47.1 Å². The van der Waals surface area contributed by atoms with Crippen LogP contribution >= 0.6 is 35.4 Å². The highest BCUT2D eigenvalue weighted by Gasteiger charge is 2.34. The standard InChI is InChI=1S/C28H30ClN5O3.C14H17ClN2O2S/c1-28(2,3)36-27(35)33-15-19-14-20(29)12-13-22(19)34-24(16-33)30-31-26(34)18-10-8-17(9-11-18)25-21-6-4-5-7-23(21)37-32-25;1-14(2,3)19-13(18)17-7-9-6-10(15)4-5-11(9)16-12(20)8-17/h4-7,12-14,17-18H,8-11,15-16H2,1-3H3;4-6H,7-8H2,1-3H3,(H,16,20). The summed E-state index contributed by atoms with van der Waals surface area (Å²) in [6, 6.07) is 19.3. The van der Waals surface area contributed by atoms with Crippen molar-refractivity contribution >= 4 is 69.3 Å². The number of anilines is 1. The van der Waals surface area contributed by atoms with Crippen LogP contribution < -0.4 is 5.32 Å². The van der Waals surface area contributed by atoms with E-state index in [4.69, 9.17) is 49.4 Å². The number of halogens is 2. The van der Waals surface area contributed by atoms with Crippen LogP contribution in [-0.4, -0.2) is 64.6 Å². The minimum Gasteiger partial charge on any atom is -0.444 e. The molecule has 0 unspecified atom stereocenters. The number of amides is 2. The van der Waals surface area contributed by atoms with Crippen molar-refractivity contribution in [2.45, 2.75) is 110 Å². The van der Waals surface area contributed by atoms with E-state index < -0.39 is 11.2 Å². The second kappa shape index (κ2) is 16.3. The Kier molecular flexibility index (Phi) is 11.5. The molecule has 1 fully saturated rings. The Morgan fingerprint density at radius 1 is 0.772 bits per heavy atom. The molecule has 1 aliphatic carbocycles. The van der Waals surface area contributed by atoms with E-state index in [-0.39, 0.29) is 18.1 Å². The molecule has 3 aliphatic rings. The first-order chi connectivity index (χ1) is 27.0. The molecule has 0 bridgehead atoms. The largest absolute Gasteiger partial charge is 0.444 e. The summed E-state index contributed by atoms with van der Waals surface area (Å²) in [7, 11) is 0. The average molecular weight is 833 g/mol. The molecule has 1 saturated carbocycles. The van der Waals surface area contributed by atoms with Gasteiger partial charge in [-0.3, -0.25) is 14.4 Å². The first-order valence-corrected chi connectivity index (χ1v) is 20.3. The second-order valence-electron chi connectivity index (χ2n) is 16.7. The molecule has 3 aromatic carbocycles. The molecule has 15 heteroatoms. The fourth-order valence-corrected chi connectivity index (χ4v) is 8.12. The highest BCUT2D eigenvalue weighted by atomic mass is 35.5. The predicted octanol–water partition coefficient (Wildman–Crippen LogP) is 10.6. The molecule has 300 valence electrons. The molecule has 0 spiro atoms.